The van der Waals surface area contributed by atoms with Gasteiger partial charge in [-0.1, -0.05) is 0 Å². The van der Waals surface area contributed by atoms with Crippen molar-refractivity contribution in [1.29, 1.82) is 0 Å². The van der Waals surface area contributed by atoms with Crippen molar-refractivity contribution in [2.75, 3.05) is 33.2 Å². The van der Waals surface area contributed by atoms with Crippen LogP contribution in [0.4, 0.5) is 0 Å². The van der Waals surface area contributed by atoms with Gasteiger partial charge in [0.2, 0.25) is 0 Å². The van der Waals surface area contributed by atoms with Gasteiger partial charge in [-0.05, 0) is 64.2 Å². The lowest BCUT2D eigenvalue weighted by Gasteiger charge is -2.32. The monoisotopic (exact) mass is 408 g/mol. The molecule has 0 aliphatic carbocycles. The number of H-pyrrole nitrogens is 1. The molecule has 1 aliphatic rings. The molecule has 0 spiro atoms. The number of piperazine rings is 1. The second-order valence-electron chi connectivity index (χ2n) is 8.80. The number of ether oxygens (including phenoxy) is 1. The first-order valence-electron chi connectivity index (χ1n) is 10.2. The SMILES string of the molecule is CN1CCN(C(=O)c2cc3ccc(=O)n(-c4ccc(OC(C)(C)C)cc4)c3[nH]2)CC1. The summed E-state index contributed by atoms with van der Waals surface area (Å²) in [6, 6.07) is 12.5. The van der Waals surface area contributed by atoms with E-state index in [9.17, 15) is 9.59 Å². The molecule has 1 aliphatic heterocycles. The third kappa shape index (κ3) is 4.11. The minimum absolute atomic E-state index is 0.0350. The first-order chi connectivity index (χ1) is 14.2. The van der Waals surface area contributed by atoms with E-state index in [0.717, 1.165) is 24.2 Å². The molecule has 0 radical (unpaired) electrons. The zero-order chi connectivity index (χ0) is 21.5. The van der Waals surface area contributed by atoms with Crippen LogP contribution in [0.5, 0.6) is 5.75 Å². The predicted molar refractivity (Wildman–Crippen MR) is 118 cm³/mol. The largest absolute Gasteiger partial charge is 0.488 e. The Morgan fingerprint density at radius 3 is 2.30 bits per heavy atom. The molecule has 1 saturated heterocycles. The number of nitrogens with zero attached hydrogens (tertiary/aromatic N) is 3. The Labute approximate surface area is 175 Å². The number of likely N-dealkylation sites (N-methyl/N-ethyl adjacent to an activating group) is 1. The summed E-state index contributed by atoms with van der Waals surface area (Å²) in [5, 5.41) is 0.821. The number of benzene rings is 1. The molecular weight excluding hydrogens is 380 g/mol. The van der Waals surface area contributed by atoms with E-state index in [4.69, 9.17) is 4.74 Å². The van der Waals surface area contributed by atoms with Gasteiger partial charge in [0, 0.05) is 37.6 Å². The molecule has 0 unspecified atom stereocenters. The molecule has 3 heterocycles. The van der Waals surface area contributed by atoms with Crippen LogP contribution >= 0.6 is 0 Å². The summed E-state index contributed by atoms with van der Waals surface area (Å²) in [4.78, 5) is 32.9. The van der Waals surface area contributed by atoms with Crippen LogP contribution in [-0.2, 0) is 0 Å². The molecule has 2 aromatic heterocycles. The number of pyridine rings is 1. The van der Waals surface area contributed by atoms with Crippen LogP contribution in [-0.4, -0.2) is 64.1 Å². The molecule has 3 aromatic rings. The van der Waals surface area contributed by atoms with E-state index in [-0.39, 0.29) is 17.1 Å². The van der Waals surface area contributed by atoms with Crippen LogP contribution in [0.1, 0.15) is 31.3 Å². The fraction of sp³-hybridized carbons (Fsp3) is 0.391. The number of hydrogen-bond acceptors (Lipinski definition) is 4. The highest BCUT2D eigenvalue weighted by Gasteiger charge is 2.22. The minimum atomic E-state index is -0.295. The predicted octanol–water partition coefficient (Wildman–Crippen LogP) is 2.88. The Kier molecular flexibility index (Phi) is 5.15. The average Bonchev–Trinajstić information content (AvgIpc) is 3.12. The molecule has 30 heavy (non-hydrogen) atoms. The smallest absolute Gasteiger partial charge is 0.270 e. The molecule has 4 rings (SSSR count). The van der Waals surface area contributed by atoms with Crippen LogP contribution in [0.3, 0.4) is 0 Å². The van der Waals surface area contributed by atoms with Gasteiger partial charge in [-0.15, -0.1) is 0 Å². The van der Waals surface area contributed by atoms with E-state index in [1.165, 1.54) is 6.07 Å². The van der Waals surface area contributed by atoms with Gasteiger partial charge in [0.25, 0.3) is 11.5 Å². The summed E-state index contributed by atoms with van der Waals surface area (Å²) in [6.07, 6.45) is 0. The number of rotatable bonds is 3. The molecule has 158 valence electrons. The molecule has 0 atom stereocenters. The number of carbonyl (C=O) groups is 1. The Morgan fingerprint density at radius 1 is 1.00 bits per heavy atom. The maximum absolute atomic E-state index is 13.0. The lowest BCUT2D eigenvalue weighted by atomic mass is 10.2. The lowest BCUT2D eigenvalue weighted by Crippen LogP contribution is -2.47. The fourth-order valence-corrected chi connectivity index (χ4v) is 3.69. The normalized spacial score (nSPS) is 15.5. The van der Waals surface area contributed by atoms with Crippen molar-refractivity contribution in [3.8, 4) is 11.4 Å². The molecular formula is C23H28N4O3. The Bertz CT molecular complexity index is 1110. The Hall–Kier alpha value is -3.06. The van der Waals surface area contributed by atoms with E-state index in [1.807, 2.05) is 56.0 Å². The van der Waals surface area contributed by atoms with Crippen molar-refractivity contribution >= 4 is 16.9 Å². The van der Waals surface area contributed by atoms with E-state index < -0.39 is 0 Å². The van der Waals surface area contributed by atoms with Gasteiger partial charge >= 0.3 is 0 Å². The van der Waals surface area contributed by atoms with Gasteiger partial charge < -0.3 is 19.5 Å². The summed E-state index contributed by atoms with van der Waals surface area (Å²) < 4.78 is 7.47. The highest BCUT2D eigenvalue weighted by Crippen LogP contribution is 2.22. The quantitative estimate of drug-likeness (QED) is 0.724. The number of aromatic amines is 1. The van der Waals surface area contributed by atoms with Gasteiger partial charge in [-0.2, -0.15) is 0 Å². The highest BCUT2D eigenvalue weighted by atomic mass is 16.5. The topological polar surface area (TPSA) is 70.6 Å². The van der Waals surface area contributed by atoms with Crippen molar-refractivity contribution < 1.29 is 9.53 Å². The van der Waals surface area contributed by atoms with Crippen LogP contribution in [0.15, 0.2) is 47.3 Å². The van der Waals surface area contributed by atoms with E-state index in [0.29, 0.717) is 30.1 Å². The van der Waals surface area contributed by atoms with Crippen LogP contribution in [0.25, 0.3) is 16.7 Å². The third-order valence-electron chi connectivity index (χ3n) is 5.22. The van der Waals surface area contributed by atoms with Crippen LogP contribution < -0.4 is 10.3 Å². The molecule has 1 N–H and O–H groups in total. The highest BCUT2D eigenvalue weighted by molar-refractivity contribution is 5.97. The summed E-state index contributed by atoms with van der Waals surface area (Å²) in [5.74, 6) is 0.705. The number of fused-ring (bicyclic) bond motifs is 1. The van der Waals surface area contributed by atoms with Crippen molar-refractivity contribution in [1.82, 2.24) is 19.4 Å². The maximum Gasteiger partial charge on any atom is 0.270 e. The van der Waals surface area contributed by atoms with Crippen LogP contribution in [0.2, 0.25) is 0 Å². The summed E-state index contributed by atoms with van der Waals surface area (Å²) in [7, 11) is 2.06. The van der Waals surface area contributed by atoms with Gasteiger partial charge in [-0.25, -0.2) is 0 Å². The zero-order valence-electron chi connectivity index (χ0n) is 17.9. The standard InChI is InChI=1S/C23H28N4O3/c1-23(2,3)30-18-8-6-17(7-9-18)27-20(28)10-5-16-15-19(24-21(16)27)22(29)26-13-11-25(4)12-14-26/h5-10,15,24H,11-14H2,1-4H3. The van der Waals surface area contributed by atoms with E-state index >= 15 is 0 Å². The lowest BCUT2D eigenvalue weighted by molar-refractivity contribution is 0.0659. The molecule has 1 aromatic carbocycles. The van der Waals surface area contributed by atoms with Gasteiger partial charge in [-0.3, -0.25) is 14.2 Å². The number of amides is 1. The summed E-state index contributed by atoms with van der Waals surface area (Å²) in [5.41, 5.74) is 1.38. The Morgan fingerprint density at radius 2 is 1.67 bits per heavy atom. The van der Waals surface area contributed by atoms with Crippen molar-refractivity contribution in [2.45, 2.75) is 26.4 Å². The van der Waals surface area contributed by atoms with Crippen molar-refractivity contribution in [2.24, 2.45) is 0 Å². The summed E-state index contributed by atoms with van der Waals surface area (Å²) >= 11 is 0. The molecule has 1 fully saturated rings. The molecule has 7 heteroatoms. The first kappa shape index (κ1) is 20.2. The molecule has 0 saturated carbocycles. The van der Waals surface area contributed by atoms with Gasteiger partial charge in [0.15, 0.2) is 0 Å². The number of hydrogen-bond donors (Lipinski definition) is 1. The van der Waals surface area contributed by atoms with Crippen LogP contribution in [0, 0.1) is 0 Å². The van der Waals surface area contributed by atoms with Crippen molar-refractivity contribution in [3.05, 3.63) is 58.5 Å². The van der Waals surface area contributed by atoms with E-state index in [2.05, 4.69) is 16.9 Å². The average molecular weight is 409 g/mol. The minimum Gasteiger partial charge on any atom is -0.488 e. The number of nitrogens with one attached hydrogen (secondary N) is 1. The first-order valence-corrected chi connectivity index (χ1v) is 10.2. The third-order valence-corrected chi connectivity index (χ3v) is 5.22. The summed E-state index contributed by atoms with van der Waals surface area (Å²) in [6.45, 7) is 9.09. The van der Waals surface area contributed by atoms with Gasteiger partial charge in [0.1, 0.15) is 22.7 Å². The molecule has 1 amide bonds. The second kappa shape index (κ2) is 7.65. The molecule has 0 bridgehead atoms. The zero-order valence-corrected chi connectivity index (χ0v) is 17.9. The van der Waals surface area contributed by atoms with Gasteiger partial charge in [0.05, 0.1) is 5.69 Å². The fourth-order valence-electron chi connectivity index (χ4n) is 3.69. The number of aromatic nitrogens is 2. The second-order valence-corrected chi connectivity index (χ2v) is 8.80. The van der Waals surface area contributed by atoms with E-state index in [1.54, 1.807) is 10.6 Å². The Balaban J connectivity index is 1.68. The number of carbonyl (C=O) groups excluding carboxylic acids is 1. The molecule has 7 nitrogen and oxygen atoms in total. The maximum atomic E-state index is 13.0. The van der Waals surface area contributed by atoms with Crippen molar-refractivity contribution in [3.63, 3.8) is 0 Å².